The number of carbonyl (C=O) groups is 2. The molecule has 1 atom stereocenters. The van der Waals surface area contributed by atoms with Crippen molar-refractivity contribution in [1.82, 2.24) is 4.90 Å². The van der Waals surface area contributed by atoms with Crippen molar-refractivity contribution in [2.75, 3.05) is 13.2 Å². The summed E-state index contributed by atoms with van der Waals surface area (Å²) in [6.07, 6.45) is -0.0716. The molecule has 6 heteroatoms. The number of carboxylic acids is 1. The van der Waals surface area contributed by atoms with Crippen LogP contribution in [0.25, 0.3) is 0 Å². The van der Waals surface area contributed by atoms with Crippen LogP contribution in [0.2, 0.25) is 0 Å². The minimum absolute atomic E-state index is 0.0716. The van der Waals surface area contributed by atoms with E-state index in [9.17, 15) is 9.59 Å². The van der Waals surface area contributed by atoms with Crippen molar-refractivity contribution >= 4 is 27.8 Å². The van der Waals surface area contributed by atoms with E-state index in [-0.39, 0.29) is 25.0 Å². The number of carbonyl (C=O) groups excluding carboxylic acids is 1. The standard InChI is InChI=1S/C14H18BrNO4/c1-3-16(10(2)8-14(18)19)13(17)9-20-12-6-4-11(15)5-7-12/h4-7,10H,3,8-9H2,1-2H3,(H,18,19). The molecule has 0 bridgehead atoms. The predicted molar refractivity (Wildman–Crippen MR) is 78.7 cm³/mol. The highest BCUT2D eigenvalue weighted by Gasteiger charge is 2.20. The first kappa shape index (κ1) is 16.5. The van der Waals surface area contributed by atoms with Crippen LogP contribution in [0.5, 0.6) is 5.75 Å². The summed E-state index contributed by atoms with van der Waals surface area (Å²) in [6.45, 7) is 3.89. The second kappa shape index (κ2) is 7.89. The summed E-state index contributed by atoms with van der Waals surface area (Å²) in [6, 6.07) is 6.82. The highest BCUT2D eigenvalue weighted by Crippen LogP contribution is 2.16. The number of amides is 1. The van der Waals surface area contributed by atoms with Crippen molar-refractivity contribution in [3.05, 3.63) is 28.7 Å². The van der Waals surface area contributed by atoms with E-state index < -0.39 is 5.97 Å². The SMILES string of the molecule is CCN(C(=O)COc1ccc(Br)cc1)C(C)CC(=O)O. The third-order valence-corrected chi connectivity index (χ3v) is 3.37. The van der Waals surface area contributed by atoms with Crippen LogP contribution in [0.15, 0.2) is 28.7 Å². The Bertz CT molecular complexity index is 461. The summed E-state index contributed by atoms with van der Waals surface area (Å²) in [5.41, 5.74) is 0. The molecule has 0 aromatic heterocycles. The van der Waals surface area contributed by atoms with Crippen LogP contribution in [0, 0.1) is 0 Å². The number of nitrogens with zero attached hydrogens (tertiary/aromatic N) is 1. The molecule has 1 rings (SSSR count). The molecule has 1 aromatic carbocycles. The fourth-order valence-corrected chi connectivity index (χ4v) is 2.12. The zero-order chi connectivity index (χ0) is 15.1. The first-order chi connectivity index (χ1) is 9.43. The largest absolute Gasteiger partial charge is 0.484 e. The summed E-state index contributed by atoms with van der Waals surface area (Å²) in [5.74, 6) is -0.537. The van der Waals surface area contributed by atoms with Gasteiger partial charge in [-0.25, -0.2) is 0 Å². The zero-order valence-corrected chi connectivity index (χ0v) is 13.1. The minimum atomic E-state index is -0.919. The highest BCUT2D eigenvalue weighted by atomic mass is 79.9. The summed E-state index contributed by atoms with van der Waals surface area (Å²) in [5, 5.41) is 8.77. The van der Waals surface area contributed by atoms with Crippen molar-refractivity contribution in [1.29, 1.82) is 0 Å². The van der Waals surface area contributed by atoms with E-state index in [1.54, 1.807) is 19.1 Å². The monoisotopic (exact) mass is 343 g/mol. The van der Waals surface area contributed by atoms with Crippen molar-refractivity contribution in [2.45, 2.75) is 26.3 Å². The van der Waals surface area contributed by atoms with Gasteiger partial charge in [-0.1, -0.05) is 15.9 Å². The molecule has 0 fully saturated rings. The Labute approximate surface area is 126 Å². The van der Waals surface area contributed by atoms with Crippen LogP contribution < -0.4 is 4.74 Å². The Hall–Kier alpha value is -1.56. The van der Waals surface area contributed by atoms with E-state index in [0.29, 0.717) is 12.3 Å². The van der Waals surface area contributed by atoms with E-state index in [4.69, 9.17) is 9.84 Å². The van der Waals surface area contributed by atoms with E-state index in [1.165, 1.54) is 4.90 Å². The van der Waals surface area contributed by atoms with Gasteiger partial charge in [-0.15, -0.1) is 0 Å². The summed E-state index contributed by atoms with van der Waals surface area (Å²) >= 11 is 3.32. The maximum absolute atomic E-state index is 12.0. The van der Waals surface area contributed by atoms with Crippen LogP contribution >= 0.6 is 15.9 Å². The van der Waals surface area contributed by atoms with Crippen molar-refractivity contribution in [3.8, 4) is 5.75 Å². The van der Waals surface area contributed by atoms with Crippen LogP contribution in [0.3, 0.4) is 0 Å². The van der Waals surface area contributed by atoms with Gasteiger partial charge in [-0.3, -0.25) is 9.59 Å². The van der Waals surface area contributed by atoms with E-state index in [0.717, 1.165) is 4.47 Å². The Morgan fingerprint density at radius 2 is 1.95 bits per heavy atom. The first-order valence-electron chi connectivity index (χ1n) is 6.33. The molecule has 1 aromatic rings. The number of ether oxygens (including phenoxy) is 1. The second-order valence-electron chi connectivity index (χ2n) is 4.37. The van der Waals surface area contributed by atoms with E-state index in [2.05, 4.69) is 15.9 Å². The molecule has 0 aliphatic rings. The Morgan fingerprint density at radius 3 is 2.45 bits per heavy atom. The van der Waals surface area contributed by atoms with Crippen molar-refractivity contribution in [3.63, 3.8) is 0 Å². The molecule has 1 N–H and O–H groups in total. The first-order valence-corrected chi connectivity index (χ1v) is 7.13. The predicted octanol–water partition coefficient (Wildman–Crippen LogP) is 2.54. The number of halogens is 1. The lowest BCUT2D eigenvalue weighted by Gasteiger charge is -2.26. The van der Waals surface area contributed by atoms with Gasteiger partial charge in [0, 0.05) is 17.1 Å². The van der Waals surface area contributed by atoms with Crippen LogP contribution in [-0.2, 0) is 9.59 Å². The van der Waals surface area contributed by atoms with Gasteiger partial charge >= 0.3 is 5.97 Å². The Balaban J connectivity index is 2.54. The van der Waals surface area contributed by atoms with Gasteiger partial charge in [0.25, 0.3) is 5.91 Å². The fraction of sp³-hybridized carbons (Fsp3) is 0.429. The summed E-state index contributed by atoms with van der Waals surface area (Å²) in [7, 11) is 0. The number of rotatable bonds is 7. The third-order valence-electron chi connectivity index (χ3n) is 2.84. The molecule has 1 amide bonds. The zero-order valence-electron chi connectivity index (χ0n) is 11.5. The van der Waals surface area contributed by atoms with Crippen LogP contribution in [0.1, 0.15) is 20.3 Å². The average molecular weight is 344 g/mol. The average Bonchev–Trinajstić information content (AvgIpc) is 2.38. The number of hydrogen-bond donors (Lipinski definition) is 1. The Morgan fingerprint density at radius 1 is 1.35 bits per heavy atom. The van der Waals surface area contributed by atoms with Crippen LogP contribution in [0.4, 0.5) is 0 Å². The molecule has 0 heterocycles. The molecule has 0 aliphatic carbocycles. The van der Waals surface area contributed by atoms with Gasteiger partial charge < -0.3 is 14.7 Å². The molecular formula is C14H18BrNO4. The lowest BCUT2D eigenvalue weighted by atomic mass is 10.2. The number of aliphatic carboxylic acids is 1. The molecule has 110 valence electrons. The van der Waals surface area contributed by atoms with Gasteiger partial charge in [0.15, 0.2) is 6.61 Å². The molecule has 0 radical (unpaired) electrons. The number of hydrogen-bond acceptors (Lipinski definition) is 3. The molecular weight excluding hydrogens is 326 g/mol. The quantitative estimate of drug-likeness (QED) is 0.826. The van der Waals surface area contributed by atoms with Gasteiger partial charge in [0.1, 0.15) is 5.75 Å². The maximum Gasteiger partial charge on any atom is 0.305 e. The third kappa shape index (κ3) is 5.21. The molecule has 0 saturated heterocycles. The lowest BCUT2D eigenvalue weighted by molar-refractivity contribution is -0.141. The molecule has 5 nitrogen and oxygen atoms in total. The smallest absolute Gasteiger partial charge is 0.305 e. The van der Waals surface area contributed by atoms with Gasteiger partial charge in [-0.05, 0) is 38.1 Å². The number of benzene rings is 1. The van der Waals surface area contributed by atoms with Crippen LogP contribution in [-0.4, -0.2) is 41.1 Å². The summed E-state index contributed by atoms with van der Waals surface area (Å²) < 4.78 is 6.33. The maximum atomic E-state index is 12.0. The number of likely N-dealkylation sites (N-methyl/N-ethyl adjacent to an activating group) is 1. The lowest BCUT2D eigenvalue weighted by Crippen LogP contribution is -2.42. The topological polar surface area (TPSA) is 66.8 Å². The summed E-state index contributed by atoms with van der Waals surface area (Å²) in [4.78, 5) is 24.2. The second-order valence-corrected chi connectivity index (χ2v) is 5.28. The van der Waals surface area contributed by atoms with Gasteiger partial charge in [-0.2, -0.15) is 0 Å². The van der Waals surface area contributed by atoms with E-state index >= 15 is 0 Å². The van der Waals surface area contributed by atoms with E-state index in [1.807, 2.05) is 19.1 Å². The molecule has 20 heavy (non-hydrogen) atoms. The Kier molecular flexibility index (Phi) is 6.51. The molecule has 0 spiro atoms. The van der Waals surface area contributed by atoms with Crippen molar-refractivity contribution in [2.24, 2.45) is 0 Å². The number of carboxylic acid groups (broad SMARTS) is 1. The van der Waals surface area contributed by atoms with Gasteiger partial charge in [0.05, 0.1) is 6.42 Å². The van der Waals surface area contributed by atoms with Crippen molar-refractivity contribution < 1.29 is 19.4 Å². The minimum Gasteiger partial charge on any atom is -0.484 e. The molecule has 0 aliphatic heterocycles. The molecule has 0 saturated carbocycles. The normalized spacial score (nSPS) is 11.8. The highest BCUT2D eigenvalue weighted by molar-refractivity contribution is 9.10. The molecule has 1 unspecified atom stereocenters. The fourth-order valence-electron chi connectivity index (χ4n) is 1.86. The van der Waals surface area contributed by atoms with Gasteiger partial charge in [0.2, 0.25) is 0 Å².